The number of hydrogen-bond acceptors (Lipinski definition) is 3. The Bertz CT molecular complexity index is 589. The highest BCUT2D eigenvalue weighted by atomic mass is 127. The third-order valence-corrected chi connectivity index (χ3v) is 13.4. The Morgan fingerprint density at radius 1 is 1.17 bits per heavy atom. The lowest BCUT2D eigenvalue weighted by molar-refractivity contribution is -0.301. The van der Waals surface area contributed by atoms with Crippen molar-refractivity contribution in [2.75, 3.05) is 19.8 Å². The molecule has 30 heavy (non-hydrogen) atoms. The van der Waals surface area contributed by atoms with Gasteiger partial charge in [-0.3, -0.25) is 0 Å². The highest BCUT2D eigenvalue weighted by molar-refractivity contribution is 14.1. The molecule has 1 spiro atoms. The van der Waals surface area contributed by atoms with Gasteiger partial charge in [0.1, 0.15) is 0 Å². The van der Waals surface area contributed by atoms with Gasteiger partial charge in [0.2, 0.25) is 0 Å². The SMILES string of the molecule is CC[Si](CC)(CC)OC[C@@H](C/C=C(\I)C(C)C)C1=CCC2(CC1)OCC(C)(C)CO2. The number of hydrogen-bond donors (Lipinski definition) is 0. The van der Waals surface area contributed by atoms with Crippen molar-refractivity contribution in [2.45, 2.75) is 98.1 Å². The smallest absolute Gasteiger partial charge is 0.192 e. The first-order valence-electron chi connectivity index (χ1n) is 12.1. The van der Waals surface area contributed by atoms with Gasteiger partial charge in [0.25, 0.3) is 0 Å². The lowest BCUT2D eigenvalue weighted by atomic mass is 9.83. The molecule has 1 atom stereocenters. The summed E-state index contributed by atoms with van der Waals surface area (Å²) in [4.78, 5) is 0. The molecule has 0 bridgehead atoms. The van der Waals surface area contributed by atoms with Crippen LogP contribution >= 0.6 is 22.6 Å². The first kappa shape index (κ1) is 26.6. The summed E-state index contributed by atoms with van der Waals surface area (Å²) in [7, 11) is -1.58. The van der Waals surface area contributed by atoms with Crippen LogP contribution in [0.1, 0.15) is 74.1 Å². The fourth-order valence-corrected chi connectivity index (χ4v) is 7.27. The van der Waals surface area contributed by atoms with Crippen molar-refractivity contribution in [2.24, 2.45) is 17.3 Å². The molecule has 1 saturated heterocycles. The molecule has 1 aliphatic carbocycles. The van der Waals surface area contributed by atoms with E-state index in [9.17, 15) is 0 Å². The zero-order valence-electron chi connectivity index (χ0n) is 20.5. The lowest BCUT2D eigenvalue weighted by Gasteiger charge is -2.45. The second kappa shape index (κ2) is 11.4. The molecule has 0 saturated carbocycles. The number of halogens is 1. The van der Waals surface area contributed by atoms with E-state index in [4.69, 9.17) is 13.9 Å². The quantitative estimate of drug-likeness (QED) is 0.158. The van der Waals surface area contributed by atoms with Crippen LogP contribution in [0.15, 0.2) is 21.3 Å². The monoisotopic (exact) mass is 548 g/mol. The Morgan fingerprint density at radius 3 is 2.23 bits per heavy atom. The molecule has 0 unspecified atom stereocenters. The topological polar surface area (TPSA) is 27.7 Å². The van der Waals surface area contributed by atoms with E-state index in [1.54, 1.807) is 5.57 Å². The summed E-state index contributed by atoms with van der Waals surface area (Å²) in [6.07, 6.45) is 8.82. The lowest BCUT2D eigenvalue weighted by Crippen LogP contribution is -2.48. The molecule has 0 aromatic heterocycles. The van der Waals surface area contributed by atoms with Crippen molar-refractivity contribution >= 4 is 30.9 Å². The maximum atomic E-state index is 6.75. The van der Waals surface area contributed by atoms with Gasteiger partial charge in [0.05, 0.1) is 13.2 Å². The molecule has 0 N–H and O–H groups in total. The van der Waals surface area contributed by atoms with Crippen molar-refractivity contribution in [1.82, 2.24) is 0 Å². The number of allylic oxidation sites excluding steroid dienone is 2. The predicted molar refractivity (Wildman–Crippen MR) is 139 cm³/mol. The maximum Gasteiger partial charge on any atom is 0.192 e. The molecular formula is C25H45IO3Si. The fourth-order valence-electron chi connectivity index (χ4n) is 4.35. The van der Waals surface area contributed by atoms with Gasteiger partial charge in [-0.1, -0.05) is 66.2 Å². The standard InChI is InChI=1S/C25H45IO3Si/c1-8-30(9-2,10-3)29-17-22(11-12-23(26)20(4)5)21-13-15-25(16-14-21)27-18-24(6,7)19-28-25/h12-13,20,22H,8-11,14-19H2,1-7H3/b23-12-/t22-/m1/s1. The van der Waals surface area contributed by atoms with Gasteiger partial charge in [-0.2, -0.15) is 0 Å². The van der Waals surface area contributed by atoms with Crippen LogP contribution in [0.4, 0.5) is 0 Å². The van der Waals surface area contributed by atoms with Crippen LogP contribution in [0.5, 0.6) is 0 Å². The van der Waals surface area contributed by atoms with Gasteiger partial charge in [0, 0.05) is 30.8 Å². The molecular weight excluding hydrogens is 503 g/mol. The van der Waals surface area contributed by atoms with Crippen molar-refractivity contribution in [1.29, 1.82) is 0 Å². The summed E-state index contributed by atoms with van der Waals surface area (Å²) in [6, 6.07) is 3.64. The van der Waals surface area contributed by atoms with Crippen LogP contribution in [-0.2, 0) is 13.9 Å². The second-order valence-electron chi connectivity index (χ2n) is 10.4. The van der Waals surface area contributed by atoms with Gasteiger partial charge >= 0.3 is 0 Å². The molecule has 1 fully saturated rings. The molecule has 0 aromatic carbocycles. The van der Waals surface area contributed by atoms with Gasteiger partial charge in [-0.15, -0.1) is 0 Å². The van der Waals surface area contributed by atoms with Crippen LogP contribution in [0.2, 0.25) is 18.1 Å². The van der Waals surface area contributed by atoms with E-state index in [0.29, 0.717) is 11.8 Å². The molecule has 0 aromatic rings. The average molecular weight is 549 g/mol. The van der Waals surface area contributed by atoms with Gasteiger partial charge in [-0.05, 0) is 63.1 Å². The molecule has 1 heterocycles. The van der Waals surface area contributed by atoms with E-state index in [-0.39, 0.29) is 11.2 Å². The third kappa shape index (κ3) is 7.16. The minimum absolute atomic E-state index is 0.123. The van der Waals surface area contributed by atoms with Crippen molar-refractivity contribution < 1.29 is 13.9 Å². The highest BCUT2D eigenvalue weighted by Crippen LogP contribution is 2.41. The van der Waals surface area contributed by atoms with E-state index in [1.807, 2.05) is 0 Å². The summed E-state index contributed by atoms with van der Waals surface area (Å²) in [6.45, 7) is 18.4. The van der Waals surface area contributed by atoms with E-state index in [1.165, 1.54) is 21.7 Å². The van der Waals surface area contributed by atoms with Crippen LogP contribution in [0, 0.1) is 17.3 Å². The van der Waals surface area contributed by atoms with Crippen molar-refractivity contribution in [3.8, 4) is 0 Å². The molecule has 1 aliphatic heterocycles. The zero-order valence-corrected chi connectivity index (χ0v) is 23.6. The average Bonchev–Trinajstić information content (AvgIpc) is 2.74. The normalized spacial score (nSPS) is 23.0. The molecule has 2 aliphatic rings. The molecule has 5 heteroatoms. The third-order valence-electron chi connectivity index (χ3n) is 7.12. The molecule has 0 amide bonds. The van der Waals surface area contributed by atoms with Crippen LogP contribution in [0.3, 0.4) is 0 Å². The first-order chi connectivity index (χ1) is 14.1. The van der Waals surface area contributed by atoms with Crippen LogP contribution < -0.4 is 0 Å². The highest BCUT2D eigenvalue weighted by Gasteiger charge is 2.42. The van der Waals surface area contributed by atoms with Gasteiger partial charge in [0.15, 0.2) is 14.1 Å². The van der Waals surface area contributed by atoms with E-state index in [2.05, 4.69) is 83.2 Å². The molecule has 3 nitrogen and oxygen atoms in total. The Balaban J connectivity index is 2.11. The maximum absolute atomic E-state index is 6.75. The summed E-state index contributed by atoms with van der Waals surface area (Å²) >= 11 is 2.51. The van der Waals surface area contributed by atoms with E-state index >= 15 is 0 Å². The minimum atomic E-state index is -1.58. The van der Waals surface area contributed by atoms with Gasteiger partial charge in [-0.25, -0.2) is 0 Å². The predicted octanol–water partition coefficient (Wildman–Crippen LogP) is 7.87. The fraction of sp³-hybridized carbons (Fsp3) is 0.840. The largest absolute Gasteiger partial charge is 0.416 e. The Morgan fingerprint density at radius 2 is 1.77 bits per heavy atom. The Labute approximate surface area is 200 Å². The summed E-state index contributed by atoms with van der Waals surface area (Å²) in [5.41, 5.74) is 1.67. The summed E-state index contributed by atoms with van der Waals surface area (Å²) in [5, 5.41) is 0. The van der Waals surface area contributed by atoms with Crippen molar-refractivity contribution in [3.05, 3.63) is 21.3 Å². The van der Waals surface area contributed by atoms with Gasteiger partial charge < -0.3 is 13.9 Å². The molecule has 174 valence electrons. The molecule has 2 rings (SSSR count). The van der Waals surface area contributed by atoms with E-state index < -0.39 is 8.32 Å². The van der Waals surface area contributed by atoms with Crippen molar-refractivity contribution in [3.63, 3.8) is 0 Å². The summed E-state index contributed by atoms with van der Waals surface area (Å²) in [5.74, 6) is 0.683. The second-order valence-corrected chi connectivity index (χ2v) is 16.4. The number of ether oxygens (including phenoxy) is 2. The van der Waals surface area contributed by atoms with Crippen LogP contribution in [-0.4, -0.2) is 33.9 Å². The zero-order chi connectivity index (χ0) is 22.4. The first-order valence-corrected chi connectivity index (χ1v) is 15.7. The Hall–Kier alpha value is 0.307. The van der Waals surface area contributed by atoms with E-state index in [0.717, 1.165) is 45.5 Å². The van der Waals surface area contributed by atoms with Crippen LogP contribution in [0.25, 0.3) is 0 Å². The Kier molecular flexibility index (Phi) is 10.1. The summed E-state index contributed by atoms with van der Waals surface area (Å²) < 4.78 is 20.7. The molecule has 0 radical (unpaired) electrons. The minimum Gasteiger partial charge on any atom is -0.416 e. The number of rotatable bonds is 10.